The van der Waals surface area contributed by atoms with Crippen molar-refractivity contribution in [2.45, 2.75) is 45.8 Å². The second-order valence-corrected chi connectivity index (χ2v) is 5.12. The highest BCUT2D eigenvalue weighted by Gasteiger charge is 2.05. The molecule has 1 atom stereocenters. The third-order valence-electron chi connectivity index (χ3n) is 3.47. The number of hydrogen-bond donors (Lipinski definition) is 1. The molecule has 0 amide bonds. The molecular weight excluding hydrogens is 266 g/mol. The standard InChI is InChI=1S/C16H23N3O2/c1-4-15-18-16(21-19-15)11-20-14-9-7-13(8-10-14)6-5-12(2)17-3/h7-10,12,17H,4-6,11H2,1-3H3. The van der Waals surface area contributed by atoms with Gasteiger partial charge in [0.15, 0.2) is 12.4 Å². The van der Waals surface area contributed by atoms with E-state index in [1.54, 1.807) is 0 Å². The summed E-state index contributed by atoms with van der Waals surface area (Å²) in [5.74, 6) is 2.04. The van der Waals surface area contributed by atoms with Crippen molar-refractivity contribution in [2.24, 2.45) is 0 Å². The lowest BCUT2D eigenvalue weighted by atomic mass is 10.1. The van der Waals surface area contributed by atoms with Gasteiger partial charge in [0.25, 0.3) is 5.89 Å². The molecule has 5 heteroatoms. The lowest BCUT2D eigenvalue weighted by Gasteiger charge is -2.10. The van der Waals surface area contributed by atoms with Crippen LogP contribution in [-0.4, -0.2) is 23.2 Å². The first-order chi connectivity index (χ1) is 10.2. The molecule has 0 bridgehead atoms. The minimum atomic E-state index is 0.309. The maximum atomic E-state index is 5.64. The van der Waals surface area contributed by atoms with Gasteiger partial charge in [-0.2, -0.15) is 4.98 Å². The normalized spacial score (nSPS) is 12.3. The molecule has 21 heavy (non-hydrogen) atoms. The quantitative estimate of drug-likeness (QED) is 0.809. The van der Waals surface area contributed by atoms with Crippen LogP contribution < -0.4 is 10.1 Å². The van der Waals surface area contributed by atoms with E-state index in [9.17, 15) is 0 Å². The van der Waals surface area contributed by atoms with Gasteiger partial charge in [0.05, 0.1) is 0 Å². The van der Waals surface area contributed by atoms with Gasteiger partial charge in [-0.15, -0.1) is 0 Å². The number of aromatic nitrogens is 2. The number of hydrogen-bond acceptors (Lipinski definition) is 5. The molecule has 0 aliphatic carbocycles. The monoisotopic (exact) mass is 289 g/mol. The fraction of sp³-hybridized carbons (Fsp3) is 0.500. The number of nitrogens with zero attached hydrogens (tertiary/aromatic N) is 2. The number of rotatable bonds is 8. The van der Waals surface area contributed by atoms with Gasteiger partial charge in [-0.3, -0.25) is 0 Å². The van der Waals surface area contributed by atoms with E-state index in [1.807, 2.05) is 26.1 Å². The summed E-state index contributed by atoms with van der Waals surface area (Å²) >= 11 is 0. The van der Waals surface area contributed by atoms with Gasteiger partial charge in [0.1, 0.15) is 5.75 Å². The molecule has 2 rings (SSSR count). The molecule has 2 aromatic rings. The molecule has 0 aliphatic heterocycles. The van der Waals surface area contributed by atoms with Crippen LogP contribution in [0.1, 0.15) is 37.5 Å². The van der Waals surface area contributed by atoms with Crippen LogP contribution in [0.4, 0.5) is 0 Å². The molecule has 1 aromatic carbocycles. The Kier molecular flexibility index (Phi) is 5.75. The van der Waals surface area contributed by atoms with Gasteiger partial charge in [0, 0.05) is 12.5 Å². The molecule has 0 saturated carbocycles. The zero-order valence-electron chi connectivity index (χ0n) is 12.9. The molecule has 1 N–H and O–H groups in total. The molecule has 1 aromatic heterocycles. The zero-order chi connectivity index (χ0) is 15.1. The number of aryl methyl sites for hydroxylation is 2. The largest absolute Gasteiger partial charge is 0.484 e. The summed E-state index contributed by atoms with van der Waals surface area (Å²) in [5.41, 5.74) is 1.32. The number of ether oxygens (including phenoxy) is 1. The highest BCUT2D eigenvalue weighted by atomic mass is 16.5. The number of nitrogens with one attached hydrogen (secondary N) is 1. The minimum Gasteiger partial charge on any atom is -0.484 e. The maximum absolute atomic E-state index is 5.64. The average molecular weight is 289 g/mol. The van der Waals surface area contributed by atoms with Gasteiger partial charge in [-0.05, 0) is 44.5 Å². The first-order valence-corrected chi connectivity index (χ1v) is 7.41. The molecule has 0 saturated heterocycles. The molecule has 1 unspecified atom stereocenters. The Morgan fingerprint density at radius 2 is 2.05 bits per heavy atom. The van der Waals surface area contributed by atoms with Crippen molar-refractivity contribution in [3.8, 4) is 5.75 Å². The van der Waals surface area contributed by atoms with Crippen LogP contribution in [0.2, 0.25) is 0 Å². The zero-order valence-corrected chi connectivity index (χ0v) is 12.9. The summed E-state index contributed by atoms with van der Waals surface area (Å²) < 4.78 is 10.7. The van der Waals surface area contributed by atoms with Crippen LogP contribution in [-0.2, 0) is 19.4 Å². The van der Waals surface area contributed by atoms with E-state index in [-0.39, 0.29) is 0 Å². The lowest BCUT2D eigenvalue weighted by molar-refractivity contribution is 0.242. The Morgan fingerprint density at radius 3 is 2.67 bits per heavy atom. The second-order valence-electron chi connectivity index (χ2n) is 5.12. The Balaban J connectivity index is 1.81. The predicted octanol–water partition coefficient (Wildman–Crippen LogP) is 2.75. The highest BCUT2D eigenvalue weighted by molar-refractivity contribution is 5.27. The van der Waals surface area contributed by atoms with Gasteiger partial charge < -0.3 is 14.6 Å². The topological polar surface area (TPSA) is 60.2 Å². The van der Waals surface area contributed by atoms with Crippen molar-refractivity contribution < 1.29 is 9.26 Å². The van der Waals surface area contributed by atoms with Gasteiger partial charge >= 0.3 is 0 Å². The SMILES string of the molecule is CCc1noc(COc2ccc(CCC(C)NC)cc2)n1. The van der Waals surface area contributed by atoms with E-state index in [0.717, 1.165) is 25.0 Å². The van der Waals surface area contributed by atoms with Crippen molar-refractivity contribution in [1.29, 1.82) is 0 Å². The van der Waals surface area contributed by atoms with E-state index in [0.29, 0.717) is 24.4 Å². The number of benzene rings is 1. The van der Waals surface area contributed by atoms with Crippen LogP contribution in [0.5, 0.6) is 5.75 Å². The molecule has 0 fully saturated rings. The van der Waals surface area contributed by atoms with Crippen LogP contribution in [0.15, 0.2) is 28.8 Å². The molecule has 0 radical (unpaired) electrons. The van der Waals surface area contributed by atoms with E-state index in [1.165, 1.54) is 5.56 Å². The second kappa shape index (κ2) is 7.78. The maximum Gasteiger partial charge on any atom is 0.264 e. The van der Waals surface area contributed by atoms with Crippen molar-refractivity contribution in [1.82, 2.24) is 15.5 Å². The van der Waals surface area contributed by atoms with Crippen molar-refractivity contribution >= 4 is 0 Å². The van der Waals surface area contributed by atoms with Crippen LogP contribution in [0.3, 0.4) is 0 Å². The van der Waals surface area contributed by atoms with Crippen molar-refractivity contribution in [2.75, 3.05) is 7.05 Å². The van der Waals surface area contributed by atoms with Crippen LogP contribution >= 0.6 is 0 Å². The van der Waals surface area contributed by atoms with Crippen molar-refractivity contribution in [3.05, 3.63) is 41.5 Å². The van der Waals surface area contributed by atoms with Gasteiger partial charge in [-0.1, -0.05) is 24.2 Å². The first kappa shape index (κ1) is 15.5. The first-order valence-electron chi connectivity index (χ1n) is 7.41. The van der Waals surface area contributed by atoms with Gasteiger partial charge in [0.2, 0.25) is 0 Å². The summed E-state index contributed by atoms with van der Waals surface area (Å²) in [6.07, 6.45) is 2.95. The van der Waals surface area contributed by atoms with Crippen molar-refractivity contribution in [3.63, 3.8) is 0 Å². The Labute approximate surface area is 125 Å². The fourth-order valence-corrected chi connectivity index (χ4v) is 1.92. The summed E-state index contributed by atoms with van der Waals surface area (Å²) in [6.45, 7) is 4.48. The van der Waals surface area contributed by atoms with E-state index < -0.39 is 0 Å². The molecule has 114 valence electrons. The minimum absolute atomic E-state index is 0.309. The predicted molar refractivity (Wildman–Crippen MR) is 81.3 cm³/mol. The summed E-state index contributed by atoms with van der Waals surface area (Å²) in [7, 11) is 1.99. The third-order valence-corrected chi connectivity index (χ3v) is 3.47. The summed E-state index contributed by atoms with van der Waals surface area (Å²) in [5, 5.41) is 7.08. The average Bonchev–Trinajstić information content (AvgIpc) is 2.99. The highest BCUT2D eigenvalue weighted by Crippen LogP contribution is 2.15. The fourth-order valence-electron chi connectivity index (χ4n) is 1.92. The van der Waals surface area contributed by atoms with E-state index in [2.05, 4.69) is 34.5 Å². The lowest BCUT2D eigenvalue weighted by Crippen LogP contribution is -2.21. The van der Waals surface area contributed by atoms with E-state index >= 15 is 0 Å². The molecule has 0 spiro atoms. The van der Waals surface area contributed by atoms with Gasteiger partial charge in [-0.25, -0.2) is 0 Å². The molecule has 5 nitrogen and oxygen atoms in total. The smallest absolute Gasteiger partial charge is 0.264 e. The molecule has 1 heterocycles. The summed E-state index contributed by atoms with van der Waals surface area (Å²) in [6, 6.07) is 8.70. The third kappa shape index (κ3) is 4.86. The Hall–Kier alpha value is -1.88. The molecule has 0 aliphatic rings. The Bertz CT molecular complexity index is 537. The summed E-state index contributed by atoms with van der Waals surface area (Å²) in [4.78, 5) is 4.21. The Morgan fingerprint density at radius 1 is 1.29 bits per heavy atom. The van der Waals surface area contributed by atoms with Crippen LogP contribution in [0.25, 0.3) is 0 Å². The van der Waals surface area contributed by atoms with E-state index in [4.69, 9.17) is 9.26 Å². The van der Waals surface area contributed by atoms with Crippen LogP contribution in [0, 0.1) is 0 Å². The molecular formula is C16H23N3O2.